The van der Waals surface area contributed by atoms with Gasteiger partial charge in [0.05, 0.1) is 12.9 Å². The van der Waals surface area contributed by atoms with Crippen molar-refractivity contribution in [3.8, 4) is 11.6 Å². The van der Waals surface area contributed by atoms with Crippen LogP contribution in [0.3, 0.4) is 0 Å². The fourth-order valence-corrected chi connectivity index (χ4v) is 1.71. The Kier molecular flexibility index (Phi) is 4.11. The molecule has 18 heavy (non-hydrogen) atoms. The van der Waals surface area contributed by atoms with E-state index in [4.69, 9.17) is 9.47 Å². The van der Waals surface area contributed by atoms with Crippen molar-refractivity contribution < 1.29 is 9.47 Å². The molecule has 0 fully saturated rings. The van der Waals surface area contributed by atoms with Gasteiger partial charge in [0, 0.05) is 7.11 Å². The molecule has 0 bridgehead atoms. The van der Waals surface area contributed by atoms with Gasteiger partial charge in [0.1, 0.15) is 10.2 Å². The zero-order valence-corrected chi connectivity index (χ0v) is 11.2. The quantitative estimate of drug-likeness (QED) is 0.942. The van der Waals surface area contributed by atoms with Crippen molar-refractivity contribution in [2.75, 3.05) is 7.11 Å². The third kappa shape index (κ3) is 2.96. The van der Waals surface area contributed by atoms with Crippen molar-refractivity contribution in [2.45, 2.75) is 6.61 Å². The summed E-state index contributed by atoms with van der Waals surface area (Å²) in [4.78, 5) is 17.8. The van der Waals surface area contributed by atoms with Crippen LogP contribution in [0.4, 0.5) is 0 Å². The Labute approximate surface area is 112 Å². The van der Waals surface area contributed by atoms with Crippen molar-refractivity contribution in [1.29, 1.82) is 0 Å². The summed E-state index contributed by atoms with van der Waals surface area (Å²) in [6.45, 7) is 0.501. The third-order valence-corrected chi connectivity index (χ3v) is 2.89. The third-order valence-electron chi connectivity index (χ3n) is 2.19. The lowest BCUT2D eigenvalue weighted by Crippen LogP contribution is -2.08. The molecule has 6 heteroatoms. The van der Waals surface area contributed by atoms with Crippen LogP contribution in [0, 0.1) is 0 Å². The first-order valence-electron chi connectivity index (χ1n) is 5.19. The molecule has 0 saturated heterocycles. The number of hydrogen-bond donors (Lipinski definition) is 1. The molecule has 0 unspecified atom stereocenters. The first kappa shape index (κ1) is 12.8. The van der Waals surface area contributed by atoms with Crippen molar-refractivity contribution in [3.63, 3.8) is 0 Å². The highest BCUT2D eigenvalue weighted by molar-refractivity contribution is 9.10. The highest BCUT2D eigenvalue weighted by atomic mass is 79.9. The second kappa shape index (κ2) is 5.79. The number of benzene rings is 1. The van der Waals surface area contributed by atoms with Gasteiger partial charge in [-0.15, -0.1) is 0 Å². The number of H-pyrrole nitrogens is 1. The van der Waals surface area contributed by atoms with Crippen LogP contribution in [0.15, 0.2) is 39.9 Å². The molecule has 0 aliphatic carbocycles. The predicted octanol–water partition coefficient (Wildman–Crippen LogP) is 2.47. The number of nitrogens with one attached hydrogen (secondary N) is 1. The molecule has 1 aromatic carbocycles. The Morgan fingerprint density at radius 2 is 2.28 bits per heavy atom. The second-order valence-corrected chi connectivity index (χ2v) is 4.33. The number of aromatic nitrogens is 2. The van der Waals surface area contributed by atoms with Crippen molar-refractivity contribution >= 4 is 15.9 Å². The normalized spacial score (nSPS) is 10.3. The number of nitrogens with zero attached hydrogens (tertiary/aromatic N) is 1. The van der Waals surface area contributed by atoms with E-state index in [1.54, 1.807) is 13.2 Å². The Hall–Kier alpha value is -1.66. The van der Waals surface area contributed by atoms with Gasteiger partial charge >= 0.3 is 0 Å². The highest BCUT2D eigenvalue weighted by Gasteiger charge is 2.07. The number of rotatable bonds is 4. The van der Waals surface area contributed by atoms with Gasteiger partial charge in [0.2, 0.25) is 5.88 Å². The summed E-state index contributed by atoms with van der Waals surface area (Å²) in [6.07, 6.45) is 1.29. The average Bonchev–Trinajstić information content (AvgIpc) is 2.36. The molecule has 94 valence electrons. The molecule has 1 heterocycles. The summed E-state index contributed by atoms with van der Waals surface area (Å²) in [5.74, 6) is 0.830. The van der Waals surface area contributed by atoms with Gasteiger partial charge in [-0.05, 0) is 33.6 Å². The monoisotopic (exact) mass is 310 g/mol. The molecule has 0 spiro atoms. The van der Waals surface area contributed by atoms with Gasteiger partial charge in [-0.25, -0.2) is 4.98 Å². The smallest absolute Gasteiger partial charge is 0.268 e. The standard InChI is InChI=1S/C12H11BrN2O3/c1-17-6-8-3-2-4-9(5-8)18-12-10(13)11(16)14-7-15-12/h2-5,7H,6H2,1H3,(H,14,15,16). The van der Waals surface area contributed by atoms with E-state index in [2.05, 4.69) is 25.9 Å². The van der Waals surface area contributed by atoms with Gasteiger partial charge in [-0.3, -0.25) is 4.79 Å². The molecule has 0 aliphatic rings. The van der Waals surface area contributed by atoms with E-state index in [0.29, 0.717) is 12.4 Å². The Morgan fingerprint density at radius 1 is 1.44 bits per heavy atom. The van der Waals surface area contributed by atoms with E-state index in [1.807, 2.05) is 18.2 Å². The Balaban J connectivity index is 2.25. The summed E-state index contributed by atoms with van der Waals surface area (Å²) in [5, 5.41) is 0. The summed E-state index contributed by atoms with van der Waals surface area (Å²) < 4.78 is 10.8. The molecule has 1 N–H and O–H groups in total. The van der Waals surface area contributed by atoms with Crippen molar-refractivity contribution in [2.24, 2.45) is 0 Å². The first-order chi connectivity index (χ1) is 8.70. The Bertz CT molecular complexity index is 598. The summed E-state index contributed by atoms with van der Waals surface area (Å²) >= 11 is 3.13. The largest absolute Gasteiger partial charge is 0.438 e. The number of ether oxygens (including phenoxy) is 2. The van der Waals surface area contributed by atoms with Crippen molar-refractivity contribution in [1.82, 2.24) is 9.97 Å². The topological polar surface area (TPSA) is 64.2 Å². The predicted molar refractivity (Wildman–Crippen MR) is 69.8 cm³/mol. The molecule has 0 radical (unpaired) electrons. The molecule has 0 atom stereocenters. The van der Waals surface area contributed by atoms with Crippen molar-refractivity contribution in [3.05, 3.63) is 51.0 Å². The minimum absolute atomic E-state index is 0.230. The van der Waals surface area contributed by atoms with Crippen LogP contribution in [0.2, 0.25) is 0 Å². The van der Waals surface area contributed by atoms with Gasteiger partial charge in [-0.1, -0.05) is 12.1 Å². The average molecular weight is 311 g/mol. The highest BCUT2D eigenvalue weighted by Crippen LogP contribution is 2.24. The summed E-state index contributed by atoms with van der Waals surface area (Å²) in [7, 11) is 1.63. The van der Waals surface area contributed by atoms with Crippen LogP contribution >= 0.6 is 15.9 Å². The van der Waals surface area contributed by atoms with E-state index < -0.39 is 0 Å². The molecule has 1 aromatic heterocycles. The maximum atomic E-state index is 11.4. The zero-order valence-electron chi connectivity index (χ0n) is 9.64. The van der Waals surface area contributed by atoms with Crippen LogP contribution < -0.4 is 10.3 Å². The lowest BCUT2D eigenvalue weighted by atomic mass is 10.2. The summed E-state index contributed by atoms with van der Waals surface area (Å²) in [5.41, 5.74) is 0.698. The zero-order chi connectivity index (χ0) is 13.0. The SMILES string of the molecule is COCc1cccc(Oc2nc[nH]c(=O)c2Br)c1. The lowest BCUT2D eigenvalue weighted by molar-refractivity contribution is 0.184. The number of aromatic amines is 1. The molecular formula is C12H11BrN2O3. The minimum atomic E-state index is -0.284. The van der Waals surface area contributed by atoms with E-state index in [0.717, 1.165) is 5.56 Å². The van der Waals surface area contributed by atoms with E-state index in [1.165, 1.54) is 6.33 Å². The van der Waals surface area contributed by atoms with Gasteiger partial charge in [-0.2, -0.15) is 0 Å². The lowest BCUT2D eigenvalue weighted by Gasteiger charge is -2.07. The maximum absolute atomic E-state index is 11.4. The minimum Gasteiger partial charge on any atom is -0.438 e. The first-order valence-corrected chi connectivity index (χ1v) is 5.99. The van der Waals surface area contributed by atoms with Crippen LogP contribution in [0.25, 0.3) is 0 Å². The van der Waals surface area contributed by atoms with Gasteiger partial charge in [0.15, 0.2) is 0 Å². The van der Waals surface area contributed by atoms with E-state index in [9.17, 15) is 4.79 Å². The molecule has 2 rings (SSSR count). The van der Waals surface area contributed by atoms with Gasteiger partial charge < -0.3 is 14.5 Å². The fraction of sp³-hybridized carbons (Fsp3) is 0.167. The number of methoxy groups -OCH3 is 1. The van der Waals surface area contributed by atoms with E-state index in [-0.39, 0.29) is 15.9 Å². The molecule has 0 aliphatic heterocycles. The fourth-order valence-electron chi connectivity index (χ4n) is 1.41. The van der Waals surface area contributed by atoms with Crippen LogP contribution in [-0.2, 0) is 11.3 Å². The van der Waals surface area contributed by atoms with Gasteiger partial charge in [0.25, 0.3) is 5.56 Å². The van der Waals surface area contributed by atoms with Crippen LogP contribution in [0.1, 0.15) is 5.56 Å². The molecule has 0 amide bonds. The molecule has 0 saturated carbocycles. The molecule has 5 nitrogen and oxygen atoms in total. The molecular weight excluding hydrogens is 300 g/mol. The van der Waals surface area contributed by atoms with Crippen LogP contribution in [-0.4, -0.2) is 17.1 Å². The number of hydrogen-bond acceptors (Lipinski definition) is 4. The Morgan fingerprint density at radius 3 is 3.06 bits per heavy atom. The second-order valence-electron chi connectivity index (χ2n) is 3.53. The van der Waals surface area contributed by atoms with Crippen LogP contribution in [0.5, 0.6) is 11.6 Å². The molecule has 2 aromatic rings. The van der Waals surface area contributed by atoms with E-state index >= 15 is 0 Å². The summed E-state index contributed by atoms with van der Waals surface area (Å²) in [6, 6.07) is 7.40. The number of halogens is 1. The maximum Gasteiger partial charge on any atom is 0.268 e.